The Morgan fingerprint density at radius 1 is 0.913 bits per heavy atom. The number of nitrogens with zero attached hydrogens (tertiary/aromatic N) is 1. The molecule has 1 aromatic heterocycles. The molecule has 0 spiro atoms. The van der Waals surface area contributed by atoms with Crippen LogP contribution in [-0.4, -0.2) is 26.5 Å². The van der Waals surface area contributed by atoms with Crippen LogP contribution in [0.4, 0.5) is 5.69 Å². The molecule has 23 heavy (non-hydrogen) atoms. The monoisotopic (exact) mass is 413 g/mol. The molecule has 2 rings (SSSR count). The Morgan fingerprint density at radius 2 is 1.57 bits per heavy atom. The second kappa shape index (κ2) is 7.88. The molecule has 0 atom stereocenters. The molecule has 2 aromatic rings. The van der Waals surface area contributed by atoms with E-state index in [1.54, 1.807) is 0 Å². The summed E-state index contributed by atoms with van der Waals surface area (Å²) >= 11 is 23.5. The van der Waals surface area contributed by atoms with Crippen LogP contribution in [-0.2, 0) is 10.0 Å². The predicted octanol–water partition coefficient (Wildman–Crippen LogP) is 4.09. The van der Waals surface area contributed by atoms with Gasteiger partial charge in [0.1, 0.15) is 0 Å². The molecule has 0 saturated carbocycles. The van der Waals surface area contributed by atoms with Crippen molar-refractivity contribution in [2.75, 3.05) is 18.4 Å². The van der Waals surface area contributed by atoms with E-state index in [0.29, 0.717) is 15.7 Å². The molecule has 1 heterocycles. The van der Waals surface area contributed by atoms with Crippen LogP contribution in [0.1, 0.15) is 0 Å². The van der Waals surface area contributed by atoms with Crippen molar-refractivity contribution < 1.29 is 8.42 Å². The first kappa shape index (κ1) is 18.6. The molecular weight excluding hydrogens is 404 g/mol. The summed E-state index contributed by atoms with van der Waals surface area (Å²) in [6.07, 6.45) is 2.88. The topological polar surface area (TPSA) is 71.1 Å². The van der Waals surface area contributed by atoms with Crippen molar-refractivity contribution in [1.82, 2.24) is 9.71 Å². The van der Waals surface area contributed by atoms with Crippen molar-refractivity contribution >= 4 is 62.1 Å². The predicted molar refractivity (Wildman–Crippen MR) is 94.4 cm³/mol. The van der Waals surface area contributed by atoms with Crippen molar-refractivity contribution in [3.8, 4) is 0 Å². The number of pyridine rings is 1. The summed E-state index contributed by atoms with van der Waals surface area (Å²) in [5, 5.41) is 4.11. The Hall–Kier alpha value is -0.760. The highest BCUT2D eigenvalue weighted by Crippen LogP contribution is 2.28. The van der Waals surface area contributed by atoms with Crippen LogP contribution < -0.4 is 10.0 Å². The van der Waals surface area contributed by atoms with Crippen LogP contribution in [0, 0.1) is 0 Å². The Balaban J connectivity index is 1.96. The van der Waals surface area contributed by atoms with Crippen molar-refractivity contribution in [3.63, 3.8) is 0 Å². The number of anilines is 1. The van der Waals surface area contributed by atoms with Gasteiger partial charge >= 0.3 is 0 Å². The smallest absolute Gasteiger partial charge is 0.240 e. The third kappa shape index (κ3) is 4.86. The maximum atomic E-state index is 12.1. The third-order valence-electron chi connectivity index (χ3n) is 2.77. The maximum absolute atomic E-state index is 12.1. The van der Waals surface area contributed by atoms with E-state index in [1.165, 1.54) is 30.6 Å². The minimum Gasteiger partial charge on any atom is -0.381 e. The Labute approximate surface area is 154 Å². The zero-order valence-electron chi connectivity index (χ0n) is 11.5. The molecule has 124 valence electrons. The third-order valence-corrected chi connectivity index (χ3v) is 5.54. The van der Waals surface area contributed by atoms with E-state index < -0.39 is 10.0 Å². The fourth-order valence-electron chi connectivity index (χ4n) is 1.68. The average molecular weight is 415 g/mol. The standard InChI is InChI=1S/C13H11Cl4N3O2S/c14-9-2-1-8(5-10(9)15)23(21,22)20-4-3-19-13-11(16)6-18-7-12(13)17/h1-2,5-7,20H,3-4H2,(H,18,19). The average Bonchev–Trinajstić information content (AvgIpc) is 2.48. The molecule has 0 amide bonds. The molecule has 0 saturated heterocycles. The Bertz CT molecular complexity index is 795. The maximum Gasteiger partial charge on any atom is 0.240 e. The fourth-order valence-corrected chi connectivity index (χ4v) is 3.60. The highest BCUT2D eigenvalue weighted by Gasteiger charge is 2.15. The van der Waals surface area contributed by atoms with Gasteiger partial charge in [0.2, 0.25) is 10.0 Å². The van der Waals surface area contributed by atoms with Gasteiger partial charge in [0.05, 0.1) is 30.7 Å². The largest absolute Gasteiger partial charge is 0.381 e. The zero-order chi connectivity index (χ0) is 17.0. The summed E-state index contributed by atoms with van der Waals surface area (Å²) in [7, 11) is -3.69. The minimum absolute atomic E-state index is 0.0341. The number of benzene rings is 1. The van der Waals surface area contributed by atoms with Crippen LogP contribution in [0.15, 0.2) is 35.5 Å². The van der Waals surface area contributed by atoms with Gasteiger partial charge in [-0.05, 0) is 18.2 Å². The van der Waals surface area contributed by atoms with Gasteiger partial charge in [-0.2, -0.15) is 0 Å². The first-order valence-electron chi connectivity index (χ1n) is 6.29. The summed E-state index contributed by atoms with van der Waals surface area (Å²) in [6, 6.07) is 4.09. The first-order valence-corrected chi connectivity index (χ1v) is 9.28. The van der Waals surface area contributed by atoms with Crippen LogP contribution in [0.5, 0.6) is 0 Å². The molecule has 10 heteroatoms. The molecule has 0 radical (unpaired) electrons. The SMILES string of the molecule is O=S(=O)(NCCNc1c(Cl)cncc1Cl)c1ccc(Cl)c(Cl)c1. The first-order chi connectivity index (χ1) is 10.8. The van der Waals surface area contributed by atoms with Gasteiger partial charge in [-0.1, -0.05) is 46.4 Å². The quantitative estimate of drug-likeness (QED) is 0.698. The number of rotatable bonds is 6. The molecule has 5 nitrogen and oxygen atoms in total. The second-order valence-electron chi connectivity index (χ2n) is 4.38. The number of sulfonamides is 1. The van der Waals surface area contributed by atoms with E-state index in [1.807, 2.05) is 0 Å². The summed E-state index contributed by atoms with van der Waals surface area (Å²) in [4.78, 5) is 3.86. The lowest BCUT2D eigenvalue weighted by Crippen LogP contribution is -2.29. The molecular formula is C13H11Cl4N3O2S. The molecule has 0 bridgehead atoms. The number of halogens is 4. The minimum atomic E-state index is -3.69. The van der Waals surface area contributed by atoms with Crippen LogP contribution in [0.2, 0.25) is 20.1 Å². The fraction of sp³-hybridized carbons (Fsp3) is 0.154. The summed E-state index contributed by atoms with van der Waals surface area (Å²) in [6.45, 7) is 0.404. The lowest BCUT2D eigenvalue weighted by Gasteiger charge is -2.11. The van der Waals surface area contributed by atoms with Gasteiger partial charge in [0.25, 0.3) is 0 Å². The second-order valence-corrected chi connectivity index (χ2v) is 7.77. The van der Waals surface area contributed by atoms with Gasteiger partial charge in [-0.15, -0.1) is 0 Å². The van der Waals surface area contributed by atoms with Gasteiger partial charge < -0.3 is 5.32 Å². The highest BCUT2D eigenvalue weighted by molar-refractivity contribution is 7.89. The zero-order valence-corrected chi connectivity index (χ0v) is 15.3. The normalized spacial score (nSPS) is 11.5. The van der Waals surface area contributed by atoms with Crippen molar-refractivity contribution in [2.45, 2.75) is 4.90 Å². The van der Waals surface area contributed by atoms with Crippen molar-refractivity contribution in [2.24, 2.45) is 0 Å². The van der Waals surface area contributed by atoms with E-state index >= 15 is 0 Å². The van der Waals surface area contributed by atoms with E-state index in [9.17, 15) is 8.42 Å². The number of hydrogen-bond acceptors (Lipinski definition) is 4. The number of nitrogens with one attached hydrogen (secondary N) is 2. The lowest BCUT2D eigenvalue weighted by molar-refractivity contribution is 0.583. The molecule has 0 fully saturated rings. The molecule has 0 aliphatic rings. The molecule has 0 aliphatic heterocycles. The lowest BCUT2D eigenvalue weighted by atomic mass is 10.4. The molecule has 0 unspecified atom stereocenters. The number of aromatic nitrogens is 1. The van der Waals surface area contributed by atoms with Crippen LogP contribution in [0.3, 0.4) is 0 Å². The van der Waals surface area contributed by atoms with Gasteiger partial charge in [-0.25, -0.2) is 13.1 Å². The van der Waals surface area contributed by atoms with Crippen molar-refractivity contribution in [3.05, 3.63) is 50.7 Å². The van der Waals surface area contributed by atoms with Gasteiger partial charge in [0.15, 0.2) is 0 Å². The Kier molecular flexibility index (Phi) is 6.36. The van der Waals surface area contributed by atoms with E-state index in [2.05, 4.69) is 15.0 Å². The van der Waals surface area contributed by atoms with E-state index in [0.717, 1.165) is 0 Å². The van der Waals surface area contributed by atoms with Crippen LogP contribution in [0.25, 0.3) is 0 Å². The molecule has 2 N–H and O–H groups in total. The molecule has 0 aliphatic carbocycles. The summed E-state index contributed by atoms with van der Waals surface area (Å²) < 4.78 is 26.7. The van der Waals surface area contributed by atoms with E-state index in [-0.39, 0.29) is 28.0 Å². The number of hydrogen-bond donors (Lipinski definition) is 2. The van der Waals surface area contributed by atoms with Gasteiger partial charge in [-0.3, -0.25) is 4.98 Å². The summed E-state index contributed by atoms with van der Waals surface area (Å²) in [5.74, 6) is 0. The Morgan fingerprint density at radius 3 is 2.17 bits per heavy atom. The van der Waals surface area contributed by atoms with Crippen LogP contribution >= 0.6 is 46.4 Å². The van der Waals surface area contributed by atoms with Crippen molar-refractivity contribution in [1.29, 1.82) is 0 Å². The summed E-state index contributed by atoms with van der Waals surface area (Å²) in [5.41, 5.74) is 0.497. The molecule has 1 aromatic carbocycles. The van der Waals surface area contributed by atoms with Gasteiger partial charge in [0, 0.05) is 25.5 Å². The highest BCUT2D eigenvalue weighted by atomic mass is 35.5. The van der Waals surface area contributed by atoms with E-state index in [4.69, 9.17) is 46.4 Å².